The van der Waals surface area contributed by atoms with Crippen molar-refractivity contribution >= 4 is 17.7 Å². The van der Waals surface area contributed by atoms with Crippen molar-refractivity contribution in [3.05, 3.63) is 60.4 Å². The zero-order chi connectivity index (χ0) is 19.2. The van der Waals surface area contributed by atoms with E-state index in [0.29, 0.717) is 17.5 Å². The molecule has 140 valence electrons. The summed E-state index contributed by atoms with van der Waals surface area (Å²) in [6.45, 7) is 4.52. The van der Waals surface area contributed by atoms with Gasteiger partial charge in [0.1, 0.15) is 5.75 Å². The van der Waals surface area contributed by atoms with E-state index in [1.807, 2.05) is 60.9 Å². The van der Waals surface area contributed by atoms with Crippen LogP contribution in [0.4, 0.5) is 0 Å². The van der Waals surface area contributed by atoms with E-state index in [2.05, 4.69) is 22.3 Å². The van der Waals surface area contributed by atoms with E-state index in [1.54, 1.807) is 0 Å². The van der Waals surface area contributed by atoms with E-state index >= 15 is 0 Å². The highest BCUT2D eigenvalue weighted by Crippen LogP contribution is 2.27. The molecule has 0 saturated carbocycles. The van der Waals surface area contributed by atoms with Gasteiger partial charge in [-0.15, -0.1) is 10.2 Å². The fourth-order valence-electron chi connectivity index (χ4n) is 2.74. The molecule has 0 fully saturated rings. The van der Waals surface area contributed by atoms with Gasteiger partial charge in [-0.05, 0) is 37.1 Å². The lowest BCUT2D eigenvalue weighted by molar-refractivity contribution is -0.133. The normalized spacial score (nSPS) is 11.9. The fourth-order valence-corrected chi connectivity index (χ4v) is 3.47. The number of carboxylic acid groups (broad SMARTS) is 1. The average molecular weight is 383 g/mol. The first kappa shape index (κ1) is 19.0. The summed E-state index contributed by atoms with van der Waals surface area (Å²) in [5.74, 6) is 0.494. The monoisotopic (exact) mass is 383 g/mol. The van der Waals surface area contributed by atoms with E-state index in [9.17, 15) is 4.79 Å². The maximum atomic E-state index is 10.8. The second-order valence-corrected chi connectivity index (χ2v) is 6.86. The van der Waals surface area contributed by atoms with Crippen molar-refractivity contribution in [3.8, 4) is 16.9 Å². The Morgan fingerprint density at radius 2 is 1.78 bits per heavy atom. The Kier molecular flexibility index (Phi) is 6.13. The third-order valence-corrected chi connectivity index (χ3v) is 4.98. The fraction of sp³-hybridized carbons (Fsp3) is 0.250. The van der Waals surface area contributed by atoms with Gasteiger partial charge in [0.15, 0.2) is 17.1 Å². The number of aliphatic carboxylic acids is 1. The lowest BCUT2D eigenvalue weighted by Crippen LogP contribution is -2.12. The number of rotatable bonds is 8. The Labute approximate surface area is 162 Å². The van der Waals surface area contributed by atoms with Gasteiger partial charge >= 0.3 is 5.97 Å². The predicted molar refractivity (Wildman–Crippen MR) is 105 cm³/mol. The SMILES string of the molecule is CCn1c(SCC(=O)O)nnc1C(C)Oc1ccc(-c2ccccc2)cc1. The van der Waals surface area contributed by atoms with Crippen molar-refractivity contribution in [2.45, 2.75) is 31.7 Å². The van der Waals surface area contributed by atoms with Gasteiger partial charge in [0.2, 0.25) is 0 Å². The summed E-state index contributed by atoms with van der Waals surface area (Å²) in [7, 11) is 0. The molecule has 0 saturated heterocycles. The Balaban J connectivity index is 1.71. The number of thioether (sulfide) groups is 1. The van der Waals surface area contributed by atoms with Crippen LogP contribution in [0.5, 0.6) is 5.75 Å². The predicted octanol–water partition coefficient (Wildman–Crippen LogP) is 4.28. The molecule has 0 aliphatic heterocycles. The minimum absolute atomic E-state index is 0.0473. The van der Waals surface area contributed by atoms with Crippen LogP contribution in [0.3, 0.4) is 0 Å². The van der Waals surface area contributed by atoms with Gasteiger partial charge in [-0.3, -0.25) is 4.79 Å². The molecule has 0 bridgehead atoms. The molecule has 3 aromatic rings. The molecular weight excluding hydrogens is 362 g/mol. The molecule has 1 aromatic heterocycles. The van der Waals surface area contributed by atoms with Gasteiger partial charge < -0.3 is 14.4 Å². The van der Waals surface area contributed by atoms with Crippen LogP contribution in [-0.2, 0) is 11.3 Å². The van der Waals surface area contributed by atoms with Crippen molar-refractivity contribution in [2.24, 2.45) is 0 Å². The van der Waals surface area contributed by atoms with Crippen molar-refractivity contribution < 1.29 is 14.6 Å². The first-order valence-corrected chi connectivity index (χ1v) is 9.67. The highest BCUT2D eigenvalue weighted by Gasteiger charge is 2.19. The van der Waals surface area contributed by atoms with Crippen LogP contribution < -0.4 is 4.74 Å². The van der Waals surface area contributed by atoms with Crippen molar-refractivity contribution in [1.29, 1.82) is 0 Å². The lowest BCUT2D eigenvalue weighted by atomic mass is 10.1. The van der Waals surface area contributed by atoms with Crippen LogP contribution in [0.2, 0.25) is 0 Å². The molecular formula is C20H21N3O3S. The molecule has 1 N–H and O–H groups in total. The molecule has 2 aromatic carbocycles. The smallest absolute Gasteiger partial charge is 0.313 e. The van der Waals surface area contributed by atoms with E-state index in [0.717, 1.165) is 28.6 Å². The molecule has 6 nitrogen and oxygen atoms in total. The number of aromatic nitrogens is 3. The van der Waals surface area contributed by atoms with E-state index in [1.165, 1.54) is 0 Å². The number of hydrogen-bond donors (Lipinski definition) is 1. The van der Waals surface area contributed by atoms with Crippen LogP contribution in [-0.4, -0.2) is 31.6 Å². The van der Waals surface area contributed by atoms with E-state index < -0.39 is 5.97 Å². The number of carbonyl (C=O) groups is 1. The molecule has 7 heteroatoms. The molecule has 1 atom stereocenters. The molecule has 0 spiro atoms. The highest BCUT2D eigenvalue weighted by atomic mass is 32.2. The van der Waals surface area contributed by atoms with Gasteiger partial charge in [0.05, 0.1) is 5.75 Å². The van der Waals surface area contributed by atoms with Gasteiger partial charge in [0.25, 0.3) is 0 Å². The number of carboxylic acids is 1. The minimum Gasteiger partial charge on any atom is -0.483 e. The maximum absolute atomic E-state index is 10.8. The third kappa shape index (κ3) is 4.68. The molecule has 0 aliphatic carbocycles. The van der Waals surface area contributed by atoms with Gasteiger partial charge in [0, 0.05) is 6.54 Å². The zero-order valence-electron chi connectivity index (χ0n) is 15.2. The first-order valence-electron chi connectivity index (χ1n) is 8.68. The van der Waals surface area contributed by atoms with Crippen LogP contribution in [0, 0.1) is 0 Å². The second kappa shape index (κ2) is 8.73. The van der Waals surface area contributed by atoms with Crippen molar-refractivity contribution in [2.75, 3.05) is 5.75 Å². The summed E-state index contributed by atoms with van der Waals surface area (Å²) in [5, 5.41) is 17.7. The maximum Gasteiger partial charge on any atom is 0.313 e. The number of ether oxygens (including phenoxy) is 1. The number of benzene rings is 2. The van der Waals surface area contributed by atoms with Crippen LogP contribution in [0.1, 0.15) is 25.8 Å². The van der Waals surface area contributed by atoms with E-state index in [-0.39, 0.29) is 11.9 Å². The Morgan fingerprint density at radius 3 is 2.41 bits per heavy atom. The molecule has 3 rings (SSSR count). The van der Waals surface area contributed by atoms with Crippen molar-refractivity contribution in [1.82, 2.24) is 14.8 Å². The largest absolute Gasteiger partial charge is 0.483 e. The molecule has 1 heterocycles. The van der Waals surface area contributed by atoms with Crippen molar-refractivity contribution in [3.63, 3.8) is 0 Å². The Morgan fingerprint density at radius 1 is 1.11 bits per heavy atom. The first-order chi connectivity index (χ1) is 13.1. The summed E-state index contributed by atoms with van der Waals surface area (Å²) >= 11 is 1.16. The quantitative estimate of drug-likeness (QED) is 0.585. The molecule has 0 aliphatic rings. The summed E-state index contributed by atoms with van der Waals surface area (Å²) in [6, 6.07) is 18.1. The lowest BCUT2D eigenvalue weighted by Gasteiger charge is -2.16. The topological polar surface area (TPSA) is 77.2 Å². The highest BCUT2D eigenvalue weighted by molar-refractivity contribution is 7.99. The summed E-state index contributed by atoms with van der Waals surface area (Å²) in [5.41, 5.74) is 2.28. The van der Waals surface area contributed by atoms with Gasteiger partial charge in [-0.25, -0.2) is 0 Å². The molecule has 1 unspecified atom stereocenters. The third-order valence-electron chi connectivity index (χ3n) is 4.02. The Bertz CT molecular complexity index is 895. The van der Waals surface area contributed by atoms with E-state index in [4.69, 9.17) is 9.84 Å². The summed E-state index contributed by atoms with van der Waals surface area (Å²) in [4.78, 5) is 10.8. The Hall–Kier alpha value is -2.80. The zero-order valence-corrected chi connectivity index (χ0v) is 16.0. The van der Waals surface area contributed by atoms with Crippen LogP contribution in [0.25, 0.3) is 11.1 Å². The van der Waals surface area contributed by atoms with Crippen LogP contribution in [0.15, 0.2) is 59.8 Å². The molecule has 0 radical (unpaired) electrons. The summed E-state index contributed by atoms with van der Waals surface area (Å²) in [6.07, 6.45) is -0.306. The second-order valence-electron chi connectivity index (χ2n) is 5.92. The standard InChI is InChI=1S/C20H21N3O3S/c1-3-23-19(21-22-20(23)27-13-18(24)25)14(2)26-17-11-9-16(10-12-17)15-7-5-4-6-8-15/h4-12,14H,3,13H2,1-2H3,(H,24,25). The van der Waals surface area contributed by atoms with Gasteiger partial charge in [-0.2, -0.15) is 0 Å². The molecule has 27 heavy (non-hydrogen) atoms. The van der Waals surface area contributed by atoms with Crippen LogP contribution >= 0.6 is 11.8 Å². The molecule has 0 amide bonds. The van der Waals surface area contributed by atoms with Gasteiger partial charge in [-0.1, -0.05) is 54.2 Å². The summed E-state index contributed by atoms with van der Waals surface area (Å²) < 4.78 is 7.91. The number of hydrogen-bond acceptors (Lipinski definition) is 5. The average Bonchev–Trinajstić information content (AvgIpc) is 3.10. The number of nitrogens with zero attached hydrogens (tertiary/aromatic N) is 3. The minimum atomic E-state index is -0.880.